The summed E-state index contributed by atoms with van der Waals surface area (Å²) in [5, 5.41) is 15.4. The van der Waals surface area contributed by atoms with E-state index in [0.717, 1.165) is 5.57 Å². The lowest BCUT2D eigenvalue weighted by molar-refractivity contribution is -0.183. The minimum atomic E-state index is -4.10. The fraction of sp³-hybridized carbons (Fsp3) is 0.786. The summed E-state index contributed by atoms with van der Waals surface area (Å²) in [6, 6.07) is 0. The number of halogens is 5. The first-order valence-electron chi connectivity index (χ1n) is 14.1. The Balaban J connectivity index is 1.28. The first-order valence-corrected chi connectivity index (χ1v) is 15.0. The summed E-state index contributed by atoms with van der Waals surface area (Å²) in [7, 11) is 0. The van der Waals surface area contributed by atoms with Crippen LogP contribution in [0.15, 0.2) is 36.5 Å². The molecular weight excluding hydrogens is 553 g/mol. The molecule has 0 amide bonds. The topological polar surface area (TPSA) is 69.4 Å². The van der Waals surface area contributed by atoms with Crippen molar-refractivity contribution in [3.05, 3.63) is 36.5 Å². The van der Waals surface area contributed by atoms with E-state index in [-0.39, 0.29) is 49.8 Å². The van der Waals surface area contributed by atoms with Gasteiger partial charge in [0.05, 0.1) is 30.9 Å². The van der Waals surface area contributed by atoms with Gasteiger partial charge in [0, 0.05) is 17.6 Å². The Morgan fingerprint density at radius 3 is 2.42 bits per heavy atom. The number of thioether (sulfide) groups is 1. The number of hydrogen-bond donors (Lipinski definition) is 1. The van der Waals surface area contributed by atoms with Crippen molar-refractivity contribution in [3.63, 3.8) is 0 Å². The first-order chi connectivity index (χ1) is 18.9. The number of alkyl halides is 5. The molecule has 1 aromatic rings. The van der Waals surface area contributed by atoms with Gasteiger partial charge >= 0.3 is 6.18 Å². The molecule has 3 aliphatic rings. The summed E-state index contributed by atoms with van der Waals surface area (Å²) < 4.78 is 80.8. The second-order valence-corrected chi connectivity index (χ2v) is 13.1. The summed E-state index contributed by atoms with van der Waals surface area (Å²) in [6.07, 6.45) is 2.91. The van der Waals surface area contributed by atoms with Crippen LogP contribution in [-0.4, -0.2) is 74.0 Å². The van der Waals surface area contributed by atoms with E-state index in [1.54, 1.807) is 0 Å². The van der Waals surface area contributed by atoms with E-state index in [1.165, 1.54) is 29.1 Å². The molecule has 226 valence electrons. The molecule has 5 unspecified atom stereocenters. The third-order valence-corrected chi connectivity index (χ3v) is 9.96. The normalized spacial score (nSPS) is 35.0. The Kier molecular flexibility index (Phi) is 10.7. The van der Waals surface area contributed by atoms with Gasteiger partial charge in [-0.25, -0.2) is 13.8 Å². The lowest BCUT2D eigenvalue weighted by atomic mass is 9.73. The molecule has 1 aliphatic heterocycles. The van der Waals surface area contributed by atoms with E-state index in [9.17, 15) is 22.7 Å². The maximum Gasteiger partial charge on any atom is 0.391 e. The molecule has 0 aromatic carbocycles. The quantitative estimate of drug-likeness (QED) is 0.271. The number of aliphatic hydroxyl groups is 1. The maximum atomic E-state index is 15.0. The van der Waals surface area contributed by atoms with E-state index in [2.05, 4.69) is 10.1 Å². The van der Waals surface area contributed by atoms with Gasteiger partial charge in [0.2, 0.25) is 0 Å². The fourth-order valence-corrected chi connectivity index (χ4v) is 7.41. The molecule has 1 N–H and O–H groups in total. The van der Waals surface area contributed by atoms with Crippen molar-refractivity contribution >= 4 is 11.8 Å². The molecule has 4 rings (SSSR count). The van der Waals surface area contributed by atoms with Gasteiger partial charge in [0.25, 0.3) is 0 Å². The highest BCUT2D eigenvalue weighted by Gasteiger charge is 2.49. The van der Waals surface area contributed by atoms with Crippen molar-refractivity contribution in [2.24, 2.45) is 17.8 Å². The van der Waals surface area contributed by atoms with Crippen LogP contribution in [0.4, 0.5) is 22.0 Å². The highest BCUT2D eigenvalue weighted by molar-refractivity contribution is 8.00. The van der Waals surface area contributed by atoms with Crippen molar-refractivity contribution in [1.29, 1.82) is 0 Å². The molecule has 6 nitrogen and oxygen atoms in total. The lowest BCUT2D eigenvalue weighted by Gasteiger charge is -2.45. The Morgan fingerprint density at radius 2 is 1.82 bits per heavy atom. The van der Waals surface area contributed by atoms with Crippen molar-refractivity contribution < 1.29 is 36.5 Å². The summed E-state index contributed by atoms with van der Waals surface area (Å²) >= 11 is 1.46. The zero-order chi connectivity index (χ0) is 28.9. The third kappa shape index (κ3) is 8.29. The number of allylic oxidation sites excluding steroid dienone is 3. The molecule has 0 spiro atoms. The average Bonchev–Trinajstić information content (AvgIpc) is 3.41. The summed E-state index contributed by atoms with van der Waals surface area (Å²) in [4.78, 5) is 3.93. The molecule has 0 radical (unpaired) electrons. The van der Waals surface area contributed by atoms with E-state index in [0.29, 0.717) is 26.1 Å². The lowest BCUT2D eigenvalue weighted by Crippen LogP contribution is -2.55. The molecule has 2 saturated carbocycles. The molecule has 1 saturated heterocycles. The Morgan fingerprint density at radius 1 is 1.12 bits per heavy atom. The van der Waals surface area contributed by atoms with E-state index in [4.69, 9.17) is 9.47 Å². The minimum Gasteiger partial charge on any atom is -0.386 e. The molecular formula is C28H40F5N3O3S. The minimum absolute atomic E-state index is 0.0480. The summed E-state index contributed by atoms with van der Waals surface area (Å²) in [6.45, 7) is 4.53. The van der Waals surface area contributed by atoms with Gasteiger partial charge in [-0.3, -0.25) is 4.68 Å². The van der Waals surface area contributed by atoms with Crippen molar-refractivity contribution in [3.8, 4) is 0 Å². The van der Waals surface area contributed by atoms with Crippen LogP contribution < -0.4 is 0 Å². The molecule has 40 heavy (non-hydrogen) atoms. The zero-order valence-corrected chi connectivity index (χ0v) is 23.8. The number of hydrogen-bond acceptors (Lipinski definition) is 6. The van der Waals surface area contributed by atoms with E-state index < -0.39 is 47.5 Å². The van der Waals surface area contributed by atoms with Crippen LogP contribution in [0.3, 0.4) is 0 Å². The molecule has 3 fully saturated rings. The van der Waals surface area contributed by atoms with Gasteiger partial charge in [0.15, 0.2) is 6.29 Å². The van der Waals surface area contributed by atoms with Gasteiger partial charge in [-0.15, -0.1) is 11.8 Å². The molecule has 5 atom stereocenters. The SMILES string of the molecule is CC(/C=C/C1CCC(C(F)(F)F)CC1)=C\C1OCC(SC(C)C(O)(Cn2cncn2)C2CCC(F)CC2F)CO1. The van der Waals surface area contributed by atoms with E-state index >= 15 is 4.39 Å². The molecule has 2 heterocycles. The zero-order valence-electron chi connectivity index (χ0n) is 23.0. The second kappa shape index (κ2) is 13.6. The summed E-state index contributed by atoms with van der Waals surface area (Å²) in [5.74, 6) is -1.78. The smallest absolute Gasteiger partial charge is 0.386 e. The highest BCUT2D eigenvalue weighted by atomic mass is 32.2. The predicted molar refractivity (Wildman–Crippen MR) is 143 cm³/mol. The van der Waals surface area contributed by atoms with Crippen molar-refractivity contribution in [2.45, 2.75) is 106 Å². The Bertz CT molecular complexity index is 978. The number of nitrogens with zero attached hydrogens (tertiary/aromatic N) is 3. The van der Waals surface area contributed by atoms with Gasteiger partial charge in [-0.2, -0.15) is 18.3 Å². The third-order valence-electron chi connectivity index (χ3n) is 8.49. The molecule has 2 aliphatic carbocycles. The van der Waals surface area contributed by atoms with Crippen LogP contribution in [0.2, 0.25) is 0 Å². The van der Waals surface area contributed by atoms with Crippen molar-refractivity contribution in [2.75, 3.05) is 13.2 Å². The van der Waals surface area contributed by atoms with Gasteiger partial charge in [0.1, 0.15) is 30.6 Å². The fourth-order valence-electron chi connectivity index (χ4n) is 6.03. The largest absolute Gasteiger partial charge is 0.391 e. The Labute approximate surface area is 236 Å². The maximum absolute atomic E-state index is 15.0. The Hall–Kier alpha value is -1.50. The summed E-state index contributed by atoms with van der Waals surface area (Å²) in [5.41, 5.74) is -0.572. The van der Waals surface area contributed by atoms with Crippen LogP contribution in [-0.2, 0) is 16.0 Å². The van der Waals surface area contributed by atoms with Gasteiger partial charge < -0.3 is 14.6 Å². The number of ether oxygens (including phenoxy) is 2. The number of rotatable bonds is 9. The average molecular weight is 594 g/mol. The van der Waals surface area contributed by atoms with Crippen LogP contribution in [0.1, 0.15) is 58.8 Å². The van der Waals surface area contributed by atoms with Gasteiger partial charge in [-0.05, 0) is 57.4 Å². The van der Waals surface area contributed by atoms with Crippen LogP contribution >= 0.6 is 11.8 Å². The van der Waals surface area contributed by atoms with Crippen LogP contribution in [0.5, 0.6) is 0 Å². The molecule has 0 bridgehead atoms. The molecule has 1 aromatic heterocycles. The molecule has 12 heteroatoms. The van der Waals surface area contributed by atoms with Crippen molar-refractivity contribution in [1.82, 2.24) is 14.8 Å². The van der Waals surface area contributed by atoms with Crippen LogP contribution in [0.25, 0.3) is 0 Å². The second-order valence-electron chi connectivity index (χ2n) is 11.5. The number of aromatic nitrogens is 3. The first kappa shape index (κ1) is 31.4. The standard InChI is InChI=1S/C28H40F5N3O3S/c1-18(3-4-20-5-7-21(8-6-20)28(31,32)33)11-26-38-13-23(14-39-26)40-19(2)27(37,15-36-17-34-16-35-36)24-10-9-22(29)12-25(24)30/h3-4,11,16-17,19-26,37H,5-10,12-15H2,1-2H3/b4-3+,18-11+. The monoisotopic (exact) mass is 593 g/mol. The highest BCUT2D eigenvalue weighted by Crippen LogP contribution is 2.43. The predicted octanol–water partition coefficient (Wildman–Crippen LogP) is 6.22. The van der Waals surface area contributed by atoms with Crippen LogP contribution in [0, 0.1) is 17.8 Å². The van der Waals surface area contributed by atoms with E-state index in [1.807, 2.05) is 32.1 Å². The van der Waals surface area contributed by atoms with Gasteiger partial charge in [-0.1, -0.05) is 24.6 Å².